The molecular weight excluding hydrogens is 216 g/mol. The molecule has 0 saturated carbocycles. The molecule has 0 saturated heterocycles. The summed E-state index contributed by atoms with van der Waals surface area (Å²) in [7, 11) is 0. The molecule has 1 atom stereocenters. The number of unbranched alkanes of at least 4 members (excludes halogenated alkanes) is 2. The minimum absolute atomic E-state index is 0.0315. The standard InChI is InChI=1S/C7H16O3.C7H12/c1-2-3-4-5-7(8)6-10-9;1-3-5-7-6-4-2/h7-9H,2-6H2,1H3;3,5-7H,4H2,1-2H3/b;5-3+,7-6+. The van der Waals surface area contributed by atoms with Crippen LogP contribution < -0.4 is 0 Å². The van der Waals surface area contributed by atoms with Crippen LogP contribution in [0.25, 0.3) is 0 Å². The third-order valence-electron chi connectivity index (χ3n) is 2.08. The second-order valence-corrected chi connectivity index (χ2v) is 3.81. The van der Waals surface area contributed by atoms with Gasteiger partial charge in [0.1, 0.15) is 6.61 Å². The van der Waals surface area contributed by atoms with Crippen molar-refractivity contribution in [2.75, 3.05) is 6.61 Å². The van der Waals surface area contributed by atoms with Gasteiger partial charge in [0.2, 0.25) is 0 Å². The molecule has 0 spiro atoms. The van der Waals surface area contributed by atoms with Gasteiger partial charge in [0.15, 0.2) is 0 Å². The van der Waals surface area contributed by atoms with E-state index in [4.69, 9.17) is 10.4 Å². The van der Waals surface area contributed by atoms with Gasteiger partial charge in [0.05, 0.1) is 6.10 Å². The Labute approximate surface area is 106 Å². The maximum Gasteiger partial charge on any atom is 0.108 e. The molecule has 1 unspecified atom stereocenters. The van der Waals surface area contributed by atoms with Crippen molar-refractivity contribution in [2.24, 2.45) is 0 Å². The molecular formula is C14H28O3. The Balaban J connectivity index is 0. The summed E-state index contributed by atoms with van der Waals surface area (Å²) < 4.78 is 0. The summed E-state index contributed by atoms with van der Waals surface area (Å²) in [5.41, 5.74) is 0. The van der Waals surface area contributed by atoms with Gasteiger partial charge in [-0.15, -0.1) is 0 Å². The molecule has 0 aliphatic carbocycles. The van der Waals surface area contributed by atoms with E-state index in [1.165, 1.54) is 0 Å². The second-order valence-electron chi connectivity index (χ2n) is 3.81. The van der Waals surface area contributed by atoms with Gasteiger partial charge in [-0.2, -0.15) is 0 Å². The summed E-state index contributed by atoms with van der Waals surface area (Å²) in [5.74, 6) is 0. The Hall–Kier alpha value is -0.640. The lowest BCUT2D eigenvalue weighted by Gasteiger charge is -2.06. The summed E-state index contributed by atoms with van der Waals surface area (Å²) in [6, 6.07) is 0. The van der Waals surface area contributed by atoms with Crippen molar-refractivity contribution in [1.82, 2.24) is 0 Å². The van der Waals surface area contributed by atoms with Crippen LogP contribution in [-0.4, -0.2) is 23.1 Å². The van der Waals surface area contributed by atoms with Gasteiger partial charge < -0.3 is 5.11 Å². The predicted molar refractivity (Wildman–Crippen MR) is 73.0 cm³/mol. The van der Waals surface area contributed by atoms with Gasteiger partial charge in [-0.05, 0) is 19.8 Å². The molecule has 0 rings (SSSR count). The molecule has 0 radical (unpaired) electrons. The largest absolute Gasteiger partial charge is 0.391 e. The summed E-state index contributed by atoms with van der Waals surface area (Å²) in [6.07, 6.45) is 12.8. The molecule has 3 nitrogen and oxygen atoms in total. The van der Waals surface area contributed by atoms with Crippen LogP contribution in [-0.2, 0) is 4.89 Å². The van der Waals surface area contributed by atoms with Crippen LogP contribution >= 0.6 is 0 Å². The molecule has 17 heavy (non-hydrogen) atoms. The van der Waals surface area contributed by atoms with E-state index in [2.05, 4.69) is 30.9 Å². The van der Waals surface area contributed by atoms with Gasteiger partial charge >= 0.3 is 0 Å². The van der Waals surface area contributed by atoms with Gasteiger partial charge in [-0.3, -0.25) is 5.26 Å². The molecule has 0 amide bonds. The maximum absolute atomic E-state index is 8.99. The normalized spacial score (nSPS) is 12.8. The van der Waals surface area contributed by atoms with Crippen LogP contribution in [0.5, 0.6) is 0 Å². The Morgan fingerprint density at radius 3 is 2.35 bits per heavy atom. The Morgan fingerprint density at radius 2 is 1.88 bits per heavy atom. The zero-order valence-corrected chi connectivity index (χ0v) is 11.4. The highest BCUT2D eigenvalue weighted by molar-refractivity contribution is 5.00. The molecule has 0 aliphatic rings. The summed E-state index contributed by atoms with van der Waals surface area (Å²) in [4.78, 5) is 3.78. The topological polar surface area (TPSA) is 49.7 Å². The predicted octanol–water partition coefficient (Wildman–Crippen LogP) is 3.95. The van der Waals surface area contributed by atoms with Crippen molar-refractivity contribution in [3.8, 4) is 0 Å². The molecule has 0 aromatic heterocycles. The molecule has 102 valence electrons. The minimum atomic E-state index is -0.503. The van der Waals surface area contributed by atoms with E-state index in [1.54, 1.807) is 0 Å². The van der Waals surface area contributed by atoms with Crippen molar-refractivity contribution in [1.29, 1.82) is 0 Å². The minimum Gasteiger partial charge on any atom is -0.391 e. The molecule has 0 aromatic carbocycles. The highest BCUT2D eigenvalue weighted by Gasteiger charge is 2.01. The number of hydrogen-bond donors (Lipinski definition) is 2. The van der Waals surface area contributed by atoms with Gasteiger partial charge in [0.25, 0.3) is 0 Å². The van der Waals surface area contributed by atoms with Crippen molar-refractivity contribution in [3.05, 3.63) is 24.3 Å². The van der Waals surface area contributed by atoms with Crippen molar-refractivity contribution in [3.63, 3.8) is 0 Å². The van der Waals surface area contributed by atoms with E-state index in [9.17, 15) is 0 Å². The van der Waals surface area contributed by atoms with E-state index in [-0.39, 0.29) is 6.61 Å². The monoisotopic (exact) mass is 244 g/mol. The van der Waals surface area contributed by atoms with E-state index in [0.29, 0.717) is 6.42 Å². The molecule has 0 aliphatic heterocycles. The number of hydrogen-bond acceptors (Lipinski definition) is 3. The van der Waals surface area contributed by atoms with E-state index < -0.39 is 6.10 Å². The lowest BCUT2D eigenvalue weighted by Crippen LogP contribution is -2.13. The first-order valence-electron chi connectivity index (χ1n) is 6.45. The zero-order chi connectivity index (χ0) is 13.4. The van der Waals surface area contributed by atoms with Crippen LogP contribution in [0.3, 0.4) is 0 Å². The summed E-state index contributed by atoms with van der Waals surface area (Å²) >= 11 is 0. The van der Waals surface area contributed by atoms with Crippen LogP contribution in [0.2, 0.25) is 0 Å². The Kier molecular flexibility index (Phi) is 19.5. The van der Waals surface area contributed by atoms with Crippen LogP contribution in [0.4, 0.5) is 0 Å². The van der Waals surface area contributed by atoms with Crippen LogP contribution in [0.15, 0.2) is 24.3 Å². The van der Waals surface area contributed by atoms with Crippen LogP contribution in [0.1, 0.15) is 52.9 Å². The van der Waals surface area contributed by atoms with Gasteiger partial charge in [0, 0.05) is 0 Å². The quantitative estimate of drug-likeness (QED) is 0.294. The fourth-order valence-electron chi connectivity index (χ4n) is 1.13. The van der Waals surface area contributed by atoms with E-state index in [0.717, 1.165) is 25.7 Å². The number of aliphatic hydroxyl groups excluding tert-OH is 1. The molecule has 2 N–H and O–H groups in total. The Bertz CT molecular complexity index is 176. The first-order chi connectivity index (χ1) is 8.22. The first kappa shape index (κ1) is 18.7. The number of rotatable bonds is 8. The zero-order valence-electron chi connectivity index (χ0n) is 11.4. The third kappa shape index (κ3) is 21.2. The second kappa shape index (κ2) is 17.7. The van der Waals surface area contributed by atoms with Gasteiger partial charge in [-0.1, -0.05) is 57.4 Å². The highest BCUT2D eigenvalue weighted by Crippen LogP contribution is 2.02. The lowest BCUT2D eigenvalue weighted by molar-refractivity contribution is -0.257. The molecule has 0 heterocycles. The summed E-state index contributed by atoms with van der Waals surface area (Å²) in [5, 5.41) is 16.9. The third-order valence-corrected chi connectivity index (χ3v) is 2.08. The van der Waals surface area contributed by atoms with Crippen molar-refractivity contribution in [2.45, 2.75) is 59.0 Å². The smallest absolute Gasteiger partial charge is 0.108 e. The number of aliphatic hydroxyl groups is 1. The molecule has 0 fully saturated rings. The SMILES string of the molecule is C/C=C/C=C/CC.CCCCCC(O)COO. The maximum atomic E-state index is 8.99. The van der Waals surface area contributed by atoms with Crippen molar-refractivity contribution >= 4 is 0 Å². The van der Waals surface area contributed by atoms with Crippen molar-refractivity contribution < 1.29 is 15.3 Å². The van der Waals surface area contributed by atoms with Crippen LogP contribution in [0, 0.1) is 0 Å². The van der Waals surface area contributed by atoms with E-state index >= 15 is 0 Å². The Morgan fingerprint density at radius 1 is 1.18 bits per heavy atom. The fourth-order valence-corrected chi connectivity index (χ4v) is 1.13. The molecule has 0 bridgehead atoms. The lowest BCUT2D eigenvalue weighted by atomic mass is 10.1. The highest BCUT2D eigenvalue weighted by atomic mass is 17.1. The summed E-state index contributed by atoms with van der Waals surface area (Å²) in [6.45, 7) is 6.28. The fraction of sp³-hybridized carbons (Fsp3) is 0.714. The average Bonchev–Trinajstić information content (AvgIpc) is 2.31. The van der Waals surface area contributed by atoms with Gasteiger partial charge in [-0.25, -0.2) is 4.89 Å². The molecule has 0 aromatic rings. The number of allylic oxidation sites excluding steroid dienone is 4. The average molecular weight is 244 g/mol. The first-order valence-corrected chi connectivity index (χ1v) is 6.45. The molecule has 3 heteroatoms. The van der Waals surface area contributed by atoms with E-state index in [1.807, 2.05) is 19.1 Å².